The van der Waals surface area contributed by atoms with Crippen LogP contribution in [0.4, 0.5) is 19.0 Å². The number of aryl methyl sites for hydroxylation is 1. The Labute approximate surface area is 156 Å². The molecule has 3 rings (SSSR count). The molecule has 5 nitrogen and oxygen atoms in total. The number of carbonyl (C=O) groups is 1. The fourth-order valence-corrected chi connectivity index (χ4v) is 3.65. The molecule has 1 N–H and O–H groups in total. The molecule has 1 fully saturated rings. The molecule has 0 unspecified atom stereocenters. The lowest BCUT2D eigenvalue weighted by molar-refractivity contribution is -0.138. The van der Waals surface area contributed by atoms with E-state index in [9.17, 15) is 18.0 Å². The summed E-state index contributed by atoms with van der Waals surface area (Å²) in [5, 5.41) is 6.64. The summed E-state index contributed by atoms with van der Waals surface area (Å²) < 4.78 is 40.7. The highest BCUT2D eigenvalue weighted by molar-refractivity contribution is 5.92. The molecule has 0 radical (unpaired) electrons. The Bertz CT molecular complexity index is 792. The lowest BCUT2D eigenvalue weighted by Gasteiger charge is -2.22. The van der Waals surface area contributed by atoms with Crippen LogP contribution < -0.4 is 5.32 Å². The predicted molar refractivity (Wildman–Crippen MR) is 95.2 cm³/mol. The Hall–Kier alpha value is -2.38. The molecule has 1 amide bonds. The van der Waals surface area contributed by atoms with Crippen molar-refractivity contribution in [2.24, 2.45) is 5.92 Å². The van der Waals surface area contributed by atoms with Gasteiger partial charge < -0.3 is 5.32 Å². The van der Waals surface area contributed by atoms with Crippen LogP contribution in [-0.2, 0) is 11.0 Å². The predicted octanol–water partition coefficient (Wildman–Crippen LogP) is 4.67. The van der Waals surface area contributed by atoms with Crippen LogP contribution >= 0.6 is 0 Å². The van der Waals surface area contributed by atoms with Crippen LogP contribution in [0.2, 0.25) is 0 Å². The van der Waals surface area contributed by atoms with Crippen molar-refractivity contribution in [3.8, 4) is 0 Å². The molecule has 1 atom stereocenters. The average molecular weight is 380 g/mol. The summed E-state index contributed by atoms with van der Waals surface area (Å²) in [5.74, 6) is 0.297. The zero-order valence-corrected chi connectivity index (χ0v) is 15.4. The van der Waals surface area contributed by atoms with E-state index >= 15 is 0 Å². The Kier molecular flexibility index (Phi) is 5.53. The normalized spacial score (nSPS) is 16.5. The summed E-state index contributed by atoms with van der Waals surface area (Å²) in [6.45, 7) is 3.24. The number of amides is 1. The minimum Gasteiger partial charge on any atom is -0.309 e. The molecule has 0 aliphatic heterocycles. The molecule has 0 spiro atoms. The first-order valence-corrected chi connectivity index (χ1v) is 9.10. The van der Waals surface area contributed by atoms with Crippen LogP contribution in [0, 0.1) is 19.8 Å². The van der Waals surface area contributed by atoms with Gasteiger partial charge in [0.2, 0.25) is 5.91 Å². The molecule has 1 aliphatic carbocycles. The average Bonchev–Trinajstić information content (AvgIpc) is 3.23. The summed E-state index contributed by atoms with van der Waals surface area (Å²) in [5.41, 5.74) is 0.103. The molecule has 0 aromatic carbocycles. The molecular weight excluding hydrogens is 357 g/mol. The standard InChI is InChI=1S/C19H23F3N4O/c1-12-7-8-17(23-10-12)25-18(27)16(9-14-5-3-4-6-14)26-13(2)15(11-24-26)19(20,21)22/h7-8,10-11,14,16H,3-6,9H2,1-2H3,(H,23,25,27)/t16-/m0/s1. The second-order valence-corrected chi connectivity index (χ2v) is 7.20. The first kappa shape index (κ1) is 19.4. The van der Waals surface area contributed by atoms with Crippen molar-refractivity contribution in [2.75, 3.05) is 5.32 Å². The van der Waals surface area contributed by atoms with Crippen molar-refractivity contribution in [3.05, 3.63) is 41.3 Å². The number of aromatic nitrogens is 3. The van der Waals surface area contributed by atoms with E-state index in [0.717, 1.165) is 37.4 Å². The highest BCUT2D eigenvalue weighted by Crippen LogP contribution is 2.36. The van der Waals surface area contributed by atoms with Crippen LogP contribution in [0.15, 0.2) is 24.5 Å². The van der Waals surface area contributed by atoms with Gasteiger partial charge in [0.25, 0.3) is 0 Å². The summed E-state index contributed by atoms with van der Waals surface area (Å²) in [4.78, 5) is 17.1. The number of alkyl halides is 3. The number of carbonyl (C=O) groups excluding carboxylic acids is 1. The molecule has 2 aromatic heterocycles. The maximum absolute atomic E-state index is 13.2. The number of hydrogen-bond acceptors (Lipinski definition) is 3. The molecule has 1 saturated carbocycles. The fourth-order valence-electron chi connectivity index (χ4n) is 3.65. The SMILES string of the molecule is Cc1ccc(NC(=O)[C@H](CC2CCCC2)n2ncc(C(F)(F)F)c2C)nc1. The zero-order chi connectivity index (χ0) is 19.6. The number of pyridine rings is 1. The molecule has 2 aromatic rings. The Morgan fingerprint density at radius 1 is 1.26 bits per heavy atom. The molecule has 27 heavy (non-hydrogen) atoms. The van der Waals surface area contributed by atoms with Crippen molar-refractivity contribution < 1.29 is 18.0 Å². The highest BCUT2D eigenvalue weighted by atomic mass is 19.4. The third kappa shape index (κ3) is 4.48. The van der Waals surface area contributed by atoms with Gasteiger partial charge in [-0.1, -0.05) is 31.7 Å². The van der Waals surface area contributed by atoms with Gasteiger partial charge in [-0.2, -0.15) is 18.3 Å². The summed E-state index contributed by atoms with van der Waals surface area (Å²) in [7, 11) is 0. The summed E-state index contributed by atoms with van der Waals surface area (Å²) >= 11 is 0. The zero-order valence-electron chi connectivity index (χ0n) is 15.4. The van der Waals surface area contributed by atoms with Crippen LogP contribution in [0.1, 0.15) is 55.0 Å². The molecule has 1 aliphatic rings. The van der Waals surface area contributed by atoms with Crippen LogP contribution in [0.25, 0.3) is 0 Å². The molecule has 0 saturated heterocycles. The molecule has 146 valence electrons. The van der Waals surface area contributed by atoms with E-state index in [1.54, 1.807) is 12.3 Å². The third-order valence-electron chi connectivity index (χ3n) is 5.14. The largest absolute Gasteiger partial charge is 0.419 e. The number of nitrogens with one attached hydrogen (secondary N) is 1. The molecule has 8 heteroatoms. The lowest BCUT2D eigenvalue weighted by Crippen LogP contribution is -2.29. The van der Waals surface area contributed by atoms with E-state index in [4.69, 9.17) is 0 Å². The van der Waals surface area contributed by atoms with Crippen molar-refractivity contribution in [1.29, 1.82) is 0 Å². The minimum absolute atomic E-state index is 0.0440. The van der Waals surface area contributed by atoms with E-state index in [2.05, 4.69) is 15.4 Å². The van der Waals surface area contributed by atoms with Crippen LogP contribution in [0.5, 0.6) is 0 Å². The molecule has 0 bridgehead atoms. The van der Waals surface area contributed by atoms with Gasteiger partial charge in [0.1, 0.15) is 11.9 Å². The summed E-state index contributed by atoms with van der Waals surface area (Å²) in [6, 6.07) is 2.69. The first-order chi connectivity index (χ1) is 12.8. The number of nitrogens with zero attached hydrogens (tertiary/aromatic N) is 3. The van der Waals surface area contributed by atoms with E-state index in [-0.39, 0.29) is 5.69 Å². The fraction of sp³-hybridized carbons (Fsp3) is 0.526. The third-order valence-corrected chi connectivity index (χ3v) is 5.14. The van der Waals surface area contributed by atoms with Gasteiger partial charge in [0.05, 0.1) is 11.8 Å². The van der Waals surface area contributed by atoms with Gasteiger partial charge in [-0.25, -0.2) is 4.98 Å². The van der Waals surface area contributed by atoms with Gasteiger partial charge in [-0.05, 0) is 37.8 Å². The van der Waals surface area contributed by atoms with Crippen molar-refractivity contribution in [2.45, 2.75) is 58.2 Å². The van der Waals surface area contributed by atoms with Gasteiger partial charge >= 0.3 is 6.18 Å². The Morgan fingerprint density at radius 3 is 2.52 bits per heavy atom. The lowest BCUT2D eigenvalue weighted by atomic mass is 9.97. The number of halogens is 3. The van der Waals surface area contributed by atoms with Crippen LogP contribution in [-0.4, -0.2) is 20.7 Å². The molecule has 2 heterocycles. The number of rotatable bonds is 5. The molecular formula is C19H23F3N4O. The maximum Gasteiger partial charge on any atom is 0.419 e. The summed E-state index contributed by atoms with van der Waals surface area (Å²) in [6.07, 6.45) is 2.55. The van der Waals surface area contributed by atoms with E-state index in [1.807, 2.05) is 13.0 Å². The highest BCUT2D eigenvalue weighted by Gasteiger charge is 2.37. The minimum atomic E-state index is -4.49. The second kappa shape index (κ2) is 7.70. The van der Waals surface area contributed by atoms with Gasteiger partial charge in [-0.3, -0.25) is 9.48 Å². The van der Waals surface area contributed by atoms with Gasteiger partial charge in [-0.15, -0.1) is 0 Å². The van der Waals surface area contributed by atoms with E-state index in [1.165, 1.54) is 11.6 Å². The van der Waals surface area contributed by atoms with Crippen molar-refractivity contribution in [3.63, 3.8) is 0 Å². The number of hydrogen-bond donors (Lipinski definition) is 1. The maximum atomic E-state index is 13.2. The Morgan fingerprint density at radius 2 is 1.96 bits per heavy atom. The monoisotopic (exact) mass is 380 g/mol. The van der Waals surface area contributed by atoms with Gasteiger partial charge in [0.15, 0.2) is 0 Å². The quantitative estimate of drug-likeness (QED) is 0.820. The van der Waals surface area contributed by atoms with E-state index < -0.39 is 23.7 Å². The first-order valence-electron chi connectivity index (χ1n) is 9.10. The van der Waals surface area contributed by atoms with Gasteiger partial charge in [0, 0.05) is 11.9 Å². The smallest absolute Gasteiger partial charge is 0.309 e. The van der Waals surface area contributed by atoms with Crippen LogP contribution in [0.3, 0.4) is 0 Å². The van der Waals surface area contributed by atoms with Crippen molar-refractivity contribution in [1.82, 2.24) is 14.8 Å². The number of anilines is 1. The Balaban J connectivity index is 1.87. The van der Waals surface area contributed by atoms with E-state index in [0.29, 0.717) is 18.2 Å². The second-order valence-electron chi connectivity index (χ2n) is 7.20. The van der Waals surface area contributed by atoms with Crippen molar-refractivity contribution >= 4 is 11.7 Å². The topological polar surface area (TPSA) is 59.8 Å².